The van der Waals surface area contributed by atoms with Crippen LogP contribution in [0.2, 0.25) is 0 Å². The van der Waals surface area contributed by atoms with E-state index in [1.807, 2.05) is 0 Å². The highest BCUT2D eigenvalue weighted by atomic mass is 79.9. The molecule has 1 amide bonds. The standard InChI is InChI=1S/C8H13BrN2O2/c1-6(9)4-11-8(12)7-5-10-2-3-13-7/h7,10H,1-5H2,(H,11,12). The van der Waals surface area contributed by atoms with Gasteiger partial charge in [0.1, 0.15) is 6.10 Å². The number of amides is 1. The van der Waals surface area contributed by atoms with Crippen molar-refractivity contribution in [1.29, 1.82) is 0 Å². The number of ether oxygens (including phenoxy) is 1. The number of rotatable bonds is 3. The topological polar surface area (TPSA) is 50.4 Å². The number of hydrogen-bond donors (Lipinski definition) is 2. The molecule has 0 aromatic carbocycles. The number of carbonyl (C=O) groups excluding carboxylic acids is 1. The van der Waals surface area contributed by atoms with Gasteiger partial charge in [0.05, 0.1) is 6.61 Å². The third-order valence-electron chi connectivity index (χ3n) is 1.67. The van der Waals surface area contributed by atoms with E-state index in [1.165, 1.54) is 0 Å². The Morgan fingerprint density at radius 2 is 2.54 bits per heavy atom. The van der Waals surface area contributed by atoms with Crippen molar-refractivity contribution in [2.24, 2.45) is 0 Å². The fourth-order valence-electron chi connectivity index (χ4n) is 1.03. The van der Waals surface area contributed by atoms with Gasteiger partial charge in [-0.1, -0.05) is 22.5 Å². The first-order valence-electron chi connectivity index (χ1n) is 4.13. The van der Waals surface area contributed by atoms with Gasteiger partial charge in [-0.05, 0) is 0 Å². The fourth-order valence-corrected chi connectivity index (χ4v) is 1.17. The van der Waals surface area contributed by atoms with Crippen molar-refractivity contribution in [3.63, 3.8) is 0 Å². The number of halogens is 1. The van der Waals surface area contributed by atoms with Crippen LogP contribution < -0.4 is 10.6 Å². The Kier molecular flexibility index (Phi) is 4.41. The Hall–Kier alpha value is -0.390. The van der Waals surface area contributed by atoms with Gasteiger partial charge in [0, 0.05) is 24.1 Å². The van der Waals surface area contributed by atoms with Crippen molar-refractivity contribution in [1.82, 2.24) is 10.6 Å². The molecule has 1 aliphatic heterocycles. The predicted octanol–water partition coefficient (Wildman–Crippen LogP) is -0.000400. The van der Waals surface area contributed by atoms with Crippen LogP contribution in [-0.4, -0.2) is 38.3 Å². The van der Waals surface area contributed by atoms with Crippen LogP contribution in [0.4, 0.5) is 0 Å². The normalized spacial score (nSPS) is 22.4. The zero-order valence-corrected chi connectivity index (χ0v) is 8.89. The van der Waals surface area contributed by atoms with Gasteiger partial charge in [-0.3, -0.25) is 4.79 Å². The monoisotopic (exact) mass is 248 g/mol. The SMILES string of the molecule is C=C(Br)CNC(=O)C1CNCCO1. The van der Waals surface area contributed by atoms with Gasteiger partial charge >= 0.3 is 0 Å². The van der Waals surface area contributed by atoms with E-state index in [1.54, 1.807) is 0 Å². The van der Waals surface area contributed by atoms with E-state index in [2.05, 4.69) is 33.1 Å². The summed E-state index contributed by atoms with van der Waals surface area (Å²) >= 11 is 3.16. The summed E-state index contributed by atoms with van der Waals surface area (Å²) in [5.41, 5.74) is 0. The molecule has 4 nitrogen and oxygen atoms in total. The van der Waals surface area contributed by atoms with Crippen LogP contribution in [0.1, 0.15) is 0 Å². The summed E-state index contributed by atoms with van der Waals surface area (Å²) in [7, 11) is 0. The highest BCUT2D eigenvalue weighted by Crippen LogP contribution is 1.99. The summed E-state index contributed by atoms with van der Waals surface area (Å²) in [5.74, 6) is -0.0900. The summed E-state index contributed by atoms with van der Waals surface area (Å²) in [6.45, 7) is 6.05. The third kappa shape index (κ3) is 3.89. The molecule has 5 heteroatoms. The van der Waals surface area contributed by atoms with Crippen LogP contribution in [-0.2, 0) is 9.53 Å². The Morgan fingerprint density at radius 1 is 1.77 bits per heavy atom. The summed E-state index contributed by atoms with van der Waals surface area (Å²) in [5, 5.41) is 5.78. The maximum absolute atomic E-state index is 11.4. The molecular weight excluding hydrogens is 236 g/mol. The lowest BCUT2D eigenvalue weighted by molar-refractivity contribution is -0.133. The molecule has 0 bridgehead atoms. The largest absolute Gasteiger partial charge is 0.366 e. The van der Waals surface area contributed by atoms with Crippen LogP contribution in [0.5, 0.6) is 0 Å². The molecule has 2 N–H and O–H groups in total. The van der Waals surface area contributed by atoms with Crippen molar-refractivity contribution >= 4 is 21.8 Å². The molecule has 74 valence electrons. The Balaban J connectivity index is 2.25. The number of morpholine rings is 1. The molecule has 1 rings (SSSR count). The average Bonchev–Trinajstić information content (AvgIpc) is 2.15. The molecule has 0 aliphatic carbocycles. The molecule has 0 aromatic heterocycles. The molecule has 0 spiro atoms. The van der Waals surface area contributed by atoms with E-state index in [0.717, 1.165) is 11.0 Å². The molecule has 1 unspecified atom stereocenters. The van der Waals surface area contributed by atoms with Crippen molar-refractivity contribution in [3.8, 4) is 0 Å². The summed E-state index contributed by atoms with van der Waals surface area (Å²) in [4.78, 5) is 11.4. The minimum atomic E-state index is -0.361. The van der Waals surface area contributed by atoms with Gasteiger partial charge in [-0.2, -0.15) is 0 Å². The third-order valence-corrected chi connectivity index (χ3v) is 1.95. The van der Waals surface area contributed by atoms with E-state index in [4.69, 9.17) is 4.74 Å². The highest BCUT2D eigenvalue weighted by Gasteiger charge is 2.20. The lowest BCUT2D eigenvalue weighted by Gasteiger charge is -2.22. The zero-order chi connectivity index (χ0) is 9.68. The Bertz CT molecular complexity index is 202. The number of hydrogen-bond acceptors (Lipinski definition) is 3. The van der Waals surface area contributed by atoms with E-state index in [0.29, 0.717) is 19.7 Å². The molecule has 1 fully saturated rings. The summed E-state index contributed by atoms with van der Waals surface area (Å²) in [6, 6.07) is 0. The molecule has 1 heterocycles. The first-order chi connectivity index (χ1) is 6.20. The summed E-state index contributed by atoms with van der Waals surface area (Å²) in [6.07, 6.45) is -0.361. The first-order valence-corrected chi connectivity index (χ1v) is 4.93. The van der Waals surface area contributed by atoms with Gasteiger partial charge in [-0.25, -0.2) is 0 Å². The molecule has 1 atom stereocenters. The predicted molar refractivity (Wildman–Crippen MR) is 53.7 cm³/mol. The Morgan fingerprint density at radius 3 is 3.08 bits per heavy atom. The lowest BCUT2D eigenvalue weighted by Crippen LogP contribution is -2.48. The molecule has 0 saturated carbocycles. The van der Waals surface area contributed by atoms with Crippen LogP contribution in [0.25, 0.3) is 0 Å². The second-order valence-electron chi connectivity index (χ2n) is 2.80. The smallest absolute Gasteiger partial charge is 0.250 e. The highest BCUT2D eigenvalue weighted by molar-refractivity contribution is 9.11. The van der Waals surface area contributed by atoms with Gasteiger partial charge in [-0.15, -0.1) is 0 Å². The van der Waals surface area contributed by atoms with Crippen molar-refractivity contribution in [2.45, 2.75) is 6.10 Å². The Labute approximate surface area is 85.8 Å². The summed E-state index contributed by atoms with van der Waals surface area (Å²) < 4.78 is 6.01. The molecular formula is C8H13BrN2O2. The van der Waals surface area contributed by atoms with Gasteiger partial charge in [0.2, 0.25) is 0 Å². The minimum Gasteiger partial charge on any atom is -0.366 e. The minimum absolute atomic E-state index is 0.0900. The van der Waals surface area contributed by atoms with Crippen molar-refractivity contribution in [3.05, 3.63) is 11.1 Å². The molecule has 1 saturated heterocycles. The average molecular weight is 249 g/mol. The van der Waals surface area contributed by atoms with Crippen molar-refractivity contribution < 1.29 is 9.53 Å². The van der Waals surface area contributed by atoms with Crippen molar-refractivity contribution in [2.75, 3.05) is 26.2 Å². The second kappa shape index (κ2) is 5.36. The van der Waals surface area contributed by atoms with E-state index < -0.39 is 0 Å². The number of nitrogens with one attached hydrogen (secondary N) is 2. The molecule has 0 aromatic rings. The molecule has 13 heavy (non-hydrogen) atoms. The van der Waals surface area contributed by atoms with Gasteiger partial charge in [0.15, 0.2) is 0 Å². The molecule has 1 aliphatic rings. The first kappa shape index (κ1) is 10.7. The van der Waals surface area contributed by atoms with Crippen LogP contribution in [0.15, 0.2) is 11.1 Å². The van der Waals surface area contributed by atoms with E-state index in [-0.39, 0.29) is 12.0 Å². The van der Waals surface area contributed by atoms with Gasteiger partial charge in [0.25, 0.3) is 5.91 Å². The fraction of sp³-hybridized carbons (Fsp3) is 0.625. The van der Waals surface area contributed by atoms with Gasteiger partial charge < -0.3 is 15.4 Å². The second-order valence-corrected chi connectivity index (χ2v) is 3.92. The maximum atomic E-state index is 11.4. The van der Waals surface area contributed by atoms with E-state index >= 15 is 0 Å². The molecule has 0 radical (unpaired) electrons. The van der Waals surface area contributed by atoms with Crippen LogP contribution >= 0.6 is 15.9 Å². The lowest BCUT2D eigenvalue weighted by atomic mass is 10.3. The maximum Gasteiger partial charge on any atom is 0.250 e. The van der Waals surface area contributed by atoms with Crippen LogP contribution in [0.3, 0.4) is 0 Å². The quantitative estimate of drug-likeness (QED) is 0.740. The van der Waals surface area contributed by atoms with E-state index in [9.17, 15) is 4.79 Å². The zero-order valence-electron chi connectivity index (χ0n) is 7.31. The van der Waals surface area contributed by atoms with Crippen LogP contribution in [0, 0.1) is 0 Å². The number of carbonyl (C=O) groups is 1.